The molecule has 1 unspecified atom stereocenters. The summed E-state index contributed by atoms with van der Waals surface area (Å²) in [5, 5.41) is 35.0. The SMILES string of the molecule is CCCCCCCCCCCCCCCCOCCCCCCCCCCCCCCCC.O=C1O[C@H](C(O)CO)C(O)=C1O. The van der Waals surface area contributed by atoms with Gasteiger partial charge in [-0.2, -0.15) is 0 Å². The number of hydrogen-bond donors (Lipinski definition) is 4. The Hall–Kier alpha value is -1.31. The molecule has 7 heteroatoms. The van der Waals surface area contributed by atoms with E-state index < -0.39 is 36.3 Å². The van der Waals surface area contributed by atoms with E-state index in [4.69, 9.17) is 25.2 Å². The highest BCUT2D eigenvalue weighted by atomic mass is 16.6. The molecule has 1 aliphatic heterocycles. The first-order chi connectivity index (χ1) is 22.0. The summed E-state index contributed by atoms with van der Waals surface area (Å²) in [6.07, 6.45) is 37.3. The number of aliphatic hydroxyl groups excluding tert-OH is 4. The van der Waals surface area contributed by atoms with Crippen LogP contribution in [0.25, 0.3) is 0 Å². The van der Waals surface area contributed by atoms with Crippen LogP contribution in [0.3, 0.4) is 0 Å². The van der Waals surface area contributed by atoms with Crippen LogP contribution >= 0.6 is 0 Å². The average molecular weight is 643 g/mol. The van der Waals surface area contributed by atoms with Gasteiger partial charge >= 0.3 is 5.97 Å². The van der Waals surface area contributed by atoms with E-state index in [1.54, 1.807) is 0 Å². The first-order valence-corrected chi connectivity index (χ1v) is 19.2. The minimum Gasteiger partial charge on any atom is -0.505 e. The molecule has 1 rings (SSSR count). The number of rotatable bonds is 32. The van der Waals surface area contributed by atoms with Crippen molar-refractivity contribution in [3.63, 3.8) is 0 Å². The molecule has 1 heterocycles. The summed E-state index contributed by atoms with van der Waals surface area (Å²) < 4.78 is 10.2. The maximum absolute atomic E-state index is 10.5. The van der Waals surface area contributed by atoms with Crippen molar-refractivity contribution in [1.82, 2.24) is 0 Å². The van der Waals surface area contributed by atoms with Crippen molar-refractivity contribution in [3.8, 4) is 0 Å². The molecule has 0 aromatic heterocycles. The van der Waals surface area contributed by atoms with Gasteiger partial charge in [-0.3, -0.25) is 0 Å². The third-order valence-electron chi connectivity index (χ3n) is 8.76. The van der Waals surface area contributed by atoms with E-state index in [0.29, 0.717) is 0 Å². The first kappa shape index (κ1) is 43.7. The predicted molar refractivity (Wildman–Crippen MR) is 187 cm³/mol. The molecule has 0 saturated heterocycles. The van der Waals surface area contributed by atoms with Crippen molar-refractivity contribution >= 4 is 5.97 Å². The molecule has 0 aromatic rings. The Morgan fingerprint density at radius 1 is 0.556 bits per heavy atom. The van der Waals surface area contributed by atoms with Crippen molar-refractivity contribution in [3.05, 3.63) is 11.5 Å². The van der Waals surface area contributed by atoms with E-state index in [1.165, 1.54) is 180 Å². The van der Waals surface area contributed by atoms with E-state index in [9.17, 15) is 4.79 Å². The quantitative estimate of drug-likeness (QED) is 0.0426. The normalized spacial score (nSPS) is 15.3. The topological polar surface area (TPSA) is 116 Å². The summed E-state index contributed by atoms with van der Waals surface area (Å²) in [4.78, 5) is 10.5. The highest BCUT2D eigenvalue weighted by molar-refractivity contribution is 5.89. The molecule has 45 heavy (non-hydrogen) atoms. The van der Waals surface area contributed by atoms with Crippen LogP contribution < -0.4 is 0 Å². The van der Waals surface area contributed by atoms with Crippen LogP contribution in [0.2, 0.25) is 0 Å². The van der Waals surface area contributed by atoms with Crippen LogP contribution in [-0.4, -0.2) is 58.4 Å². The second-order valence-electron chi connectivity index (χ2n) is 13.1. The summed E-state index contributed by atoms with van der Waals surface area (Å²) in [6, 6.07) is 0. The van der Waals surface area contributed by atoms with Gasteiger partial charge in [0, 0.05) is 13.2 Å². The van der Waals surface area contributed by atoms with E-state index in [0.717, 1.165) is 13.2 Å². The molecule has 0 bridgehead atoms. The second-order valence-corrected chi connectivity index (χ2v) is 13.1. The average Bonchev–Trinajstić information content (AvgIpc) is 3.31. The molecular formula is C38H74O7. The van der Waals surface area contributed by atoms with Gasteiger partial charge in [-0.1, -0.05) is 181 Å². The zero-order valence-corrected chi connectivity index (χ0v) is 29.6. The molecule has 0 amide bonds. The molecule has 0 saturated carbocycles. The van der Waals surface area contributed by atoms with E-state index in [-0.39, 0.29) is 0 Å². The number of aliphatic hydroxyl groups is 4. The highest BCUT2D eigenvalue weighted by Gasteiger charge is 2.38. The Morgan fingerprint density at radius 2 is 0.844 bits per heavy atom. The van der Waals surface area contributed by atoms with Crippen molar-refractivity contribution in [2.24, 2.45) is 0 Å². The molecule has 0 spiro atoms. The fourth-order valence-corrected chi connectivity index (χ4v) is 5.72. The molecule has 4 N–H and O–H groups in total. The van der Waals surface area contributed by atoms with E-state index >= 15 is 0 Å². The monoisotopic (exact) mass is 643 g/mol. The zero-order valence-electron chi connectivity index (χ0n) is 29.6. The van der Waals surface area contributed by atoms with Crippen LogP contribution in [0.15, 0.2) is 11.5 Å². The van der Waals surface area contributed by atoms with Crippen molar-refractivity contribution < 1.29 is 34.7 Å². The minimum absolute atomic E-state index is 0.671. The van der Waals surface area contributed by atoms with E-state index in [2.05, 4.69) is 18.6 Å². The summed E-state index contributed by atoms with van der Waals surface area (Å²) >= 11 is 0. The Morgan fingerprint density at radius 3 is 1.09 bits per heavy atom. The first-order valence-electron chi connectivity index (χ1n) is 19.2. The number of unbranched alkanes of at least 4 members (excludes halogenated alkanes) is 26. The molecule has 0 fully saturated rings. The molecule has 2 atom stereocenters. The summed E-state index contributed by atoms with van der Waals surface area (Å²) in [5.74, 6) is -2.78. The smallest absolute Gasteiger partial charge is 0.377 e. The lowest BCUT2D eigenvalue weighted by Gasteiger charge is -2.13. The number of hydrogen-bond acceptors (Lipinski definition) is 7. The maximum atomic E-state index is 10.5. The molecule has 0 aromatic carbocycles. The van der Waals surface area contributed by atoms with Crippen LogP contribution in [-0.2, 0) is 14.3 Å². The van der Waals surface area contributed by atoms with Gasteiger partial charge in [0.05, 0.1) is 6.61 Å². The van der Waals surface area contributed by atoms with Gasteiger partial charge < -0.3 is 29.9 Å². The fourth-order valence-electron chi connectivity index (χ4n) is 5.72. The lowest BCUT2D eigenvalue weighted by molar-refractivity contribution is -0.147. The number of cyclic esters (lactones) is 1. The molecule has 0 radical (unpaired) electrons. The van der Waals surface area contributed by atoms with Crippen LogP contribution in [0.4, 0.5) is 0 Å². The number of carbonyl (C=O) groups excluding carboxylic acids is 1. The number of esters is 1. The van der Waals surface area contributed by atoms with Gasteiger partial charge in [0.25, 0.3) is 0 Å². The highest BCUT2D eigenvalue weighted by Crippen LogP contribution is 2.21. The van der Waals surface area contributed by atoms with Crippen LogP contribution in [0, 0.1) is 0 Å². The van der Waals surface area contributed by atoms with Gasteiger partial charge in [0.2, 0.25) is 5.76 Å². The summed E-state index contributed by atoms with van der Waals surface area (Å²) in [7, 11) is 0. The maximum Gasteiger partial charge on any atom is 0.377 e. The van der Waals surface area contributed by atoms with Crippen LogP contribution in [0.5, 0.6) is 0 Å². The van der Waals surface area contributed by atoms with Gasteiger partial charge in [-0.15, -0.1) is 0 Å². The third kappa shape index (κ3) is 27.5. The Balaban J connectivity index is 0.00000133. The molecule has 1 aliphatic rings. The molecule has 7 nitrogen and oxygen atoms in total. The summed E-state index contributed by atoms with van der Waals surface area (Å²) in [5.41, 5.74) is 0. The van der Waals surface area contributed by atoms with Crippen LogP contribution in [0.1, 0.15) is 194 Å². The Bertz CT molecular complexity index is 636. The van der Waals surface area contributed by atoms with Gasteiger partial charge in [-0.05, 0) is 12.8 Å². The fraction of sp³-hybridized carbons (Fsp3) is 0.921. The van der Waals surface area contributed by atoms with Crippen molar-refractivity contribution in [1.29, 1.82) is 0 Å². The predicted octanol–water partition coefficient (Wildman–Crippen LogP) is 10.6. The number of ether oxygens (including phenoxy) is 2. The van der Waals surface area contributed by atoms with Gasteiger partial charge in [-0.25, -0.2) is 4.79 Å². The lowest BCUT2D eigenvalue weighted by atomic mass is 10.0. The minimum atomic E-state index is -1.42. The molecular weight excluding hydrogens is 568 g/mol. The largest absolute Gasteiger partial charge is 0.505 e. The van der Waals surface area contributed by atoms with Gasteiger partial charge in [0.15, 0.2) is 11.9 Å². The lowest BCUT2D eigenvalue weighted by Crippen LogP contribution is -2.31. The number of carbonyl (C=O) groups is 1. The van der Waals surface area contributed by atoms with Crippen molar-refractivity contribution in [2.75, 3.05) is 19.8 Å². The Kier molecular flexibility index (Phi) is 33.0. The van der Waals surface area contributed by atoms with E-state index in [1.807, 2.05) is 0 Å². The zero-order chi connectivity index (χ0) is 33.2. The standard InChI is InChI=1S/C32H66O.C6H8O6/c1-3-5-7-9-11-13-15-17-19-21-23-25-27-29-31-33-32-30-28-26-24-22-20-18-16-14-12-10-8-6-4-2;7-1-2(8)5-3(9)4(10)6(11)12-5/h3-32H2,1-2H3;2,5,7-10H,1H2/t;2?,5-/m.1/s1. The second kappa shape index (κ2) is 34.0. The molecule has 0 aliphatic carbocycles. The summed E-state index contributed by atoms with van der Waals surface area (Å²) in [6.45, 7) is 5.92. The van der Waals surface area contributed by atoms with Crippen molar-refractivity contribution in [2.45, 2.75) is 206 Å². The third-order valence-corrected chi connectivity index (χ3v) is 8.76. The van der Waals surface area contributed by atoms with Gasteiger partial charge in [0.1, 0.15) is 6.10 Å². The molecule has 268 valence electrons. The Labute approximate surface area is 277 Å².